The molecule has 1 aromatic carbocycles. The van der Waals surface area contributed by atoms with Gasteiger partial charge in [0, 0.05) is 16.4 Å². The number of thiazole rings is 1. The van der Waals surface area contributed by atoms with E-state index in [4.69, 9.17) is 10.5 Å². The number of ether oxygens (including phenoxy) is 1. The first-order valence-electron chi connectivity index (χ1n) is 4.78. The number of aromatic nitrogens is 1. The maximum absolute atomic E-state index is 5.62. The molecule has 0 saturated heterocycles. The zero-order valence-electron chi connectivity index (χ0n) is 8.52. The Kier molecular flexibility index (Phi) is 3.93. The standard InChI is InChI=1S/C11H11BrN2OS/c12-11-2-1-10(3-8(11)4-13)15-5-9-6-16-7-14-9/h1-3,6-7H,4-5,13H2. The molecule has 0 atom stereocenters. The molecule has 0 spiro atoms. The summed E-state index contributed by atoms with van der Waals surface area (Å²) in [4.78, 5) is 4.15. The number of nitrogens with zero attached hydrogens (tertiary/aromatic N) is 1. The molecule has 3 nitrogen and oxygen atoms in total. The summed E-state index contributed by atoms with van der Waals surface area (Å²) >= 11 is 5.00. The fourth-order valence-electron chi connectivity index (χ4n) is 1.26. The fraction of sp³-hybridized carbons (Fsp3) is 0.182. The number of halogens is 1. The highest BCUT2D eigenvalue weighted by Gasteiger charge is 2.02. The molecule has 0 aliphatic rings. The van der Waals surface area contributed by atoms with Crippen molar-refractivity contribution < 1.29 is 4.74 Å². The van der Waals surface area contributed by atoms with E-state index in [1.807, 2.05) is 23.6 Å². The second-order valence-corrected chi connectivity index (χ2v) is 4.80. The zero-order valence-corrected chi connectivity index (χ0v) is 10.9. The Hall–Kier alpha value is -0.910. The maximum Gasteiger partial charge on any atom is 0.131 e. The van der Waals surface area contributed by atoms with E-state index in [2.05, 4.69) is 20.9 Å². The molecule has 5 heteroatoms. The molecule has 0 fully saturated rings. The van der Waals surface area contributed by atoms with Gasteiger partial charge in [0.2, 0.25) is 0 Å². The van der Waals surface area contributed by atoms with Crippen molar-refractivity contribution in [1.82, 2.24) is 4.98 Å². The molecule has 84 valence electrons. The van der Waals surface area contributed by atoms with Crippen molar-refractivity contribution >= 4 is 27.3 Å². The number of rotatable bonds is 4. The Labute approximate surface area is 106 Å². The summed E-state index contributed by atoms with van der Waals surface area (Å²) < 4.78 is 6.63. The molecule has 0 saturated carbocycles. The lowest BCUT2D eigenvalue weighted by Gasteiger charge is -2.07. The predicted molar refractivity (Wildman–Crippen MR) is 68.5 cm³/mol. The van der Waals surface area contributed by atoms with Crippen molar-refractivity contribution in [2.45, 2.75) is 13.2 Å². The summed E-state index contributed by atoms with van der Waals surface area (Å²) in [6.07, 6.45) is 0. The molecule has 0 aliphatic heterocycles. The smallest absolute Gasteiger partial charge is 0.131 e. The average molecular weight is 299 g/mol. The molecular formula is C11H11BrN2OS. The number of hydrogen-bond donors (Lipinski definition) is 1. The summed E-state index contributed by atoms with van der Waals surface area (Å²) in [7, 11) is 0. The van der Waals surface area contributed by atoms with Crippen LogP contribution in [0.5, 0.6) is 5.75 Å². The van der Waals surface area contributed by atoms with E-state index in [1.165, 1.54) is 0 Å². The van der Waals surface area contributed by atoms with Gasteiger partial charge in [0.05, 0.1) is 11.2 Å². The molecule has 0 bridgehead atoms. The number of hydrogen-bond acceptors (Lipinski definition) is 4. The Bertz CT molecular complexity index is 459. The van der Waals surface area contributed by atoms with Gasteiger partial charge in [-0.25, -0.2) is 4.98 Å². The van der Waals surface area contributed by atoms with Crippen molar-refractivity contribution in [3.63, 3.8) is 0 Å². The lowest BCUT2D eigenvalue weighted by molar-refractivity contribution is 0.302. The van der Waals surface area contributed by atoms with Crippen LogP contribution < -0.4 is 10.5 Å². The molecule has 0 aliphatic carbocycles. The van der Waals surface area contributed by atoms with Gasteiger partial charge in [-0.1, -0.05) is 15.9 Å². The van der Waals surface area contributed by atoms with Crippen molar-refractivity contribution in [3.8, 4) is 5.75 Å². The minimum Gasteiger partial charge on any atom is -0.487 e. The van der Waals surface area contributed by atoms with E-state index < -0.39 is 0 Å². The highest BCUT2D eigenvalue weighted by Crippen LogP contribution is 2.22. The van der Waals surface area contributed by atoms with Crippen molar-refractivity contribution in [3.05, 3.63) is 44.8 Å². The van der Waals surface area contributed by atoms with Crippen LogP contribution in [0.1, 0.15) is 11.3 Å². The first kappa shape index (κ1) is 11.6. The third-order valence-electron chi connectivity index (χ3n) is 2.11. The summed E-state index contributed by atoms with van der Waals surface area (Å²) in [5, 5.41) is 1.97. The second kappa shape index (κ2) is 5.43. The van der Waals surface area contributed by atoms with Crippen molar-refractivity contribution in [1.29, 1.82) is 0 Å². The normalized spacial score (nSPS) is 10.4. The van der Waals surface area contributed by atoms with E-state index in [9.17, 15) is 0 Å². The Morgan fingerprint density at radius 1 is 1.44 bits per heavy atom. The first-order valence-corrected chi connectivity index (χ1v) is 6.51. The monoisotopic (exact) mass is 298 g/mol. The van der Waals surface area contributed by atoms with Gasteiger partial charge in [0.25, 0.3) is 0 Å². The maximum atomic E-state index is 5.62. The summed E-state index contributed by atoms with van der Waals surface area (Å²) in [6.45, 7) is 0.990. The molecule has 0 amide bonds. The van der Waals surface area contributed by atoms with Gasteiger partial charge in [-0.15, -0.1) is 11.3 Å². The largest absolute Gasteiger partial charge is 0.487 e. The minimum atomic E-state index is 0.495. The van der Waals surface area contributed by atoms with Crippen LogP contribution >= 0.6 is 27.3 Å². The number of nitrogens with two attached hydrogens (primary N) is 1. The van der Waals surface area contributed by atoms with Gasteiger partial charge < -0.3 is 10.5 Å². The van der Waals surface area contributed by atoms with E-state index >= 15 is 0 Å². The minimum absolute atomic E-state index is 0.495. The topological polar surface area (TPSA) is 48.1 Å². The predicted octanol–water partition coefficient (Wildman–Crippen LogP) is 2.94. The molecule has 2 aromatic rings. The third kappa shape index (κ3) is 2.81. The van der Waals surface area contributed by atoms with Crippen LogP contribution in [0.25, 0.3) is 0 Å². The highest BCUT2D eigenvalue weighted by molar-refractivity contribution is 9.10. The SMILES string of the molecule is NCc1cc(OCc2cscn2)ccc1Br. The molecule has 0 unspecified atom stereocenters. The highest BCUT2D eigenvalue weighted by atomic mass is 79.9. The third-order valence-corrected chi connectivity index (χ3v) is 3.52. The summed E-state index contributed by atoms with van der Waals surface area (Å²) in [5.41, 5.74) is 9.40. The summed E-state index contributed by atoms with van der Waals surface area (Å²) in [6, 6.07) is 5.80. The molecule has 2 N–H and O–H groups in total. The van der Waals surface area contributed by atoms with Crippen molar-refractivity contribution in [2.24, 2.45) is 5.73 Å². The first-order chi connectivity index (χ1) is 7.79. The Morgan fingerprint density at radius 2 is 2.31 bits per heavy atom. The molecular weight excluding hydrogens is 288 g/mol. The van der Waals surface area contributed by atoms with E-state index in [1.54, 1.807) is 16.8 Å². The van der Waals surface area contributed by atoms with Gasteiger partial charge in [0.1, 0.15) is 12.4 Å². The van der Waals surface area contributed by atoms with Gasteiger partial charge in [0.15, 0.2) is 0 Å². The zero-order chi connectivity index (χ0) is 11.4. The number of benzene rings is 1. The van der Waals surface area contributed by atoms with Crippen LogP contribution in [0.2, 0.25) is 0 Å². The molecule has 0 radical (unpaired) electrons. The molecule has 2 rings (SSSR count). The molecule has 16 heavy (non-hydrogen) atoms. The van der Waals surface area contributed by atoms with Crippen LogP contribution in [0.15, 0.2) is 33.6 Å². The molecule has 1 aromatic heterocycles. The lowest BCUT2D eigenvalue weighted by atomic mass is 10.2. The van der Waals surface area contributed by atoms with Crippen LogP contribution in [0.3, 0.4) is 0 Å². The summed E-state index contributed by atoms with van der Waals surface area (Å²) in [5.74, 6) is 0.816. The van der Waals surface area contributed by atoms with Gasteiger partial charge >= 0.3 is 0 Å². The van der Waals surface area contributed by atoms with Crippen LogP contribution in [0, 0.1) is 0 Å². The lowest BCUT2D eigenvalue weighted by Crippen LogP contribution is -2.00. The van der Waals surface area contributed by atoms with Crippen LogP contribution in [0.4, 0.5) is 0 Å². The van der Waals surface area contributed by atoms with Gasteiger partial charge in [-0.2, -0.15) is 0 Å². The second-order valence-electron chi connectivity index (χ2n) is 3.23. The van der Waals surface area contributed by atoms with E-state index in [-0.39, 0.29) is 0 Å². The van der Waals surface area contributed by atoms with Gasteiger partial charge in [-0.05, 0) is 23.8 Å². The quantitative estimate of drug-likeness (QED) is 0.944. The van der Waals surface area contributed by atoms with E-state index in [0.717, 1.165) is 21.5 Å². The van der Waals surface area contributed by atoms with Crippen molar-refractivity contribution in [2.75, 3.05) is 0 Å². The fourth-order valence-corrected chi connectivity index (χ4v) is 2.21. The van der Waals surface area contributed by atoms with Gasteiger partial charge in [-0.3, -0.25) is 0 Å². The van der Waals surface area contributed by atoms with Crippen LogP contribution in [-0.4, -0.2) is 4.98 Å². The van der Waals surface area contributed by atoms with E-state index in [0.29, 0.717) is 13.2 Å². The Balaban J connectivity index is 2.04. The van der Waals surface area contributed by atoms with Crippen LogP contribution in [-0.2, 0) is 13.2 Å². The Morgan fingerprint density at radius 3 is 3.00 bits per heavy atom. The molecule has 1 heterocycles. The average Bonchev–Trinajstić information content (AvgIpc) is 2.81.